The van der Waals surface area contributed by atoms with Gasteiger partial charge in [-0.25, -0.2) is 17.9 Å². The molecule has 1 heterocycles. The van der Waals surface area contributed by atoms with Crippen molar-refractivity contribution < 1.29 is 17.5 Å². The van der Waals surface area contributed by atoms with Crippen LogP contribution in [0.3, 0.4) is 0 Å². The van der Waals surface area contributed by atoms with Gasteiger partial charge >= 0.3 is 0 Å². The molecule has 0 bridgehead atoms. The number of benzene rings is 1. The molecule has 1 aromatic heterocycles. The number of aromatic amines is 1. The van der Waals surface area contributed by atoms with Crippen LogP contribution in [0.2, 0.25) is 0 Å². The molecule has 0 saturated carbocycles. The second-order valence-electron chi connectivity index (χ2n) is 3.25. The minimum atomic E-state index is -3.98. The molecule has 0 saturated heterocycles. The van der Waals surface area contributed by atoms with Gasteiger partial charge in [-0.1, -0.05) is 0 Å². The van der Waals surface area contributed by atoms with Gasteiger partial charge in [-0.3, -0.25) is 0 Å². The average molecular weight is 292 g/mol. The van der Waals surface area contributed by atoms with Crippen LogP contribution in [0.4, 0.5) is 4.39 Å². The molecular weight excluding hydrogens is 285 g/mol. The molecule has 1 N–H and O–H groups in total. The van der Waals surface area contributed by atoms with Crippen molar-refractivity contribution in [3.8, 4) is 17.1 Å². The fourth-order valence-electron chi connectivity index (χ4n) is 1.28. The van der Waals surface area contributed by atoms with Crippen LogP contribution < -0.4 is 4.74 Å². The Morgan fingerprint density at radius 3 is 2.72 bits per heavy atom. The van der Waals surface area contributed by atoms with E-state index in [1.165, 1.54) is 25.3 Å². The summed E-state index contributed by atoms with van der Waals surface area (Å²) < 4.78 is 40.0. The van der Waals surface area contributed by atoms with Crippen molar-refractivity contribution in [1.29, 1.82) is 0 Å². The second-order valence-corrected chi connectivity index (χ2v) is 5.73. The number of nitrogens with zero attached hydrogens (tertiary/aromatic N) is 2. The SMILES string of the molecule is COc1cc(-c2n[nH]c(S(=O)(=O)Cl)n2)ccc1F. The Bertz CT molecular complexity index is 686. The van der Waals surface area contributed by atoms with Crippen LogP contribution in [0.1, 0.15) is 0 Å². The van der Waals surface area contributed by atoms with E-state index in [4.69, 9.17) is 15.4 Å². The monoisotopic (exact) mass is 291 g/mol. The highest BCUT2D eigenvalue weighted by molar-refractivity contribution is 8.13. The first-order valence-corrected chi connectivity index (χ1v) is 6.93. The van der Waals surface area contributed by atoms with Gasteiger partial charge in [0.1, 0.15) is 0 Å². The number of halogens is 2. The Labute approximate surface area is 106 Å². The van der Waals surface area contributed by atoms with Gasteiger partial charge in [0.25, 0.3) is 14.2 Å². The molecule has 0 aliphatic carbocycles. The standard InChI is InChI=1S/C9H7ClFN3O3S/c1-17-7-4-5(2-3-6(7)11)8-12-9(14-13-8)18(10,15)16/h2-4H,1H3,(H,12,13,14). The van der Waals surface area contributed by atoms with Gasteiger partial charge in [0, 0.05) is 16.2 Å². The third kappa shape index (κ3) is 2.44. The van der Waals surface area contributed by atoms with E-state index in [-0.39, 0.29) is 11.6 Å². The molecule has 2 aromatic rings. The van der Waals surface area contributed by atoms with Gasteiger partial charge in [0.05, 0.1) is 7.11 Å². The van der Waals surface area contributed by atoms with Gasteiger partial charge < -0.3 is 4.74 Å². The highest BCUT2D eigenvalue weighted by atomic mass is 35.7. The second kappa shape index (κ2) is 4.54. The fraction of sp³-hybridized carbons (Fsp3) is 0.111. The number of rotatable bonds is 3. The molecule has 0 aliphatic rings. The number of hydrogen-bond acceptors (Lipinski definition) is 5. The minimum absolute atomic E-state index is 0.00702. The maximum absolute atomic E-state index is 13.2. The Morgan fingerprint density at radius 1 is 1.44 bits per heavy atom. The molecule has 0 atom stereocenters. The summed E-state index contributed by atoms with van der Waals surface area (Å²) in [5.41, 5.74) is 0.399. The molecule has 0 spiro atoms. The van der Waals surface area contributed by atoms with Crippen molar-refractivity contribution >= 4 is 19.7 Å². The number of H-pyrrole nitrogens is 1. The Balaban J connectivity index is 2.46. The van der Waals surface area contributed by atoms with Crippen LogP contribution in [0.25, 0.3) is 11.4 Å². The molecule has 6 nitrogen and oxygen atoms in total. The lowest BCUT2D eigenvalue weighted by Gasteiger charge is -2.02. The molecule has 9 heteroatoms. The zero-order chi connectivity index (χ0) is 13.3. The predicted octanol–water partition coefficient (Wildman–Crippen LogP) is 1.55. The summed E-state index contributed by atoms with van der Waals surface area (Å²) in [6, 6.07) is 3.91. The summed E-state index contributed by atoms with van der Waals surface area (Å²) in [5.74, 6) is -0.456. The van der Waals surface area contributed by atoms with Gasteiger partial charge in [-0.05, 0) is 18.2 Å². The summed E-state index contributed by atoms with van der Waals surface area (Å²) in [7, 11) is 2.44. The van der Waals surface area contributed by atoms with Crippen molar-refractivity contribution in [1.82, 2.24) is 15.2 Å². The third-order valence-electron chi connectivity index (χ3n) is 2.11. The van der Waals surface area contributed by atoms with Gasteiger partial charge in [-0.2, -0.15) is 10.1 Å². The van der Waals surface area contributed by atoms with E-state index in [1.54, 1.807) is 0 Å². The van der Waals surface area contributed by atoms with Crippen LogP contribution in [-0.2, 0) is 9.05 Å². The van der Waals surface area contributed by atoms with Crippen LogP contribution in [0.15, 0.2) is 23.4 Å². The van der Waals surface area contributed by atoms with E-state index in [1.807, 2.05) is 0 Å². The number of nitrogens with one attached hydrogen (secondary N) is 1. The maximum atomic E-state index is 13.2. The van der Waals surface area contributed by atoms with Gasteiger partial charge in [-0.15, -0.1) is 0 Å². The maximum Gasteiger partial charge on any atom is 0.296 e. The lowest BCUT2D eigenvalue weighted by Crippen LogP contribution is -1.93. The smallest absolute Gasteiger partial charge is 0.296 e. The number of ether oxygens (including phenoxy) is 1. The van der Waals surface area contributed by atoms with Gasteiger partial charge in [0.2, 0.25) is 0 Å². The van der Waals surface area contributed by atoms with E-state index in [9.17, 15) is 12.8 Å². The summed E-state index contributed by atoms with van der Waals surface area (Å²) in [6.07, 6.45) is 0. The minimum Gasteiger partial charge on any atom is -0.494 e. The van der Waals surface area contributed by atoms with Crippen molar-refractivity contribution in [2.24, 2.45) is 0 Å². The van der Waals surface area contributed by atoms with Crippen LogP contribution in [0.5, 0.6) is 5.75 Å². The lowest BCUT2D eigenvalue weighted by atomic mass is 10.2. The van der Waals surface area contributed by atoms with E-state index in [0.717, 1.165) is 0 Å². The molecule has 2 rings (SSSR count). The first-order chi connectivity index (χ1) is 8.41. The summed E-state index contributed by atoms with van der Waals surface area (Å²) in [4.78, 5) is 3.69. The molecule has 0 amide bonds. The molecule has 0 aliphatic heterocycles. The number of aromatic nitrogens is 3. The molecule has 18 heavy (non-hydrogen) atoms. The zero-order valence-electron chi connectivity index (χ0n) is 9.02. The van der Waals surface area contributed by atoms with E-state index < -0.39 is 20.0 Å². The summed E-state index contributed by atoms with van der Waals surface area (Å²) >= 11 is 0. The van der Waals surface area contributed by atoms with Crippen molar-refractivity contribution in [3.05, 3.63) is 24.0 Å². The third-order valence-corrected chi connectivity index (χ3v) is 3.19. The first-order valence-electron chi connectivity index (χ1n) is 4.63. The Hall–Kier alpha value is -1.67. The fourth-order valence-corrected chi connectivity index (χ4v) is 1.84. The largest absolute Gasteiger partial charge is 0.494 e. The number of methoxy groups -OCH3 is 1. The summed E-state index contributed by atoms with van der Waals surface area (Å²) in [6.45, 7) is 0. The highest BCUT2D eigenvalue weighted by Gasteiger charge is 2.17. The topological polar surface area (TPSA) is 84.9 Å². The summed E-state index contributed by atoms with van der Waals surface area (Å²) in [5, 5.41) is 5.39. The molecule has 0 radical (unpaired) electrons. The van der Waals surface area contributed by atoms with E-state index in [2.05, 4.69) is 15.2 Å². The quantitative estimate of drug-likeness (QED) is 0.867. The van der Waals surface area contributed by atoms with Crippen molar-refractivity contribution in [2.75, 3.05) is 7.11 Å². The van der Waals surface area contributed by atoms with Crippen LogP contribution >= 0.6 is 10.7 Å². The molecular formula is C9H7ClFN3O3S. The van der Waals surface area contributed by atoms with Crippen molar-refractivity contribution in [2.45, 2.75) is 5.16 Å². The predicted molar refractivity (Wildman–Crippen MR) is 61.4 cm³/mol. The lowest BCUT2D eigenvalue weighted by molar-refractivity contribution is 0.387. The molecule has 1 aromatic carbocycles. The first kappa shape index (κ1) is 12.8. The molecule has 96 valence electrons. The zero-order valence-corrected chi connectivity index (χ0v) is 10.6. The van der Waals surface area contributed by atoms with E-state index >= 15 is 0 Å². The highest BCUT2D eigenvalue weighted by Crippen LogP contribution is 2.24. The Morgan fingerprint density at radius 2 is 2.17 bits per heavy atom. The average Bonchev–Trinajstić information content (AvgIpc) is 2.78. The molecule has 0 unspecified atom stereocenters. The molecule has 0 fully saturated rings. The van der Waals surface area contributed by atoms with E-state index in [0.29, 0.717) is 5.56 Å². The normalized spacial score (nSPS) is 11.5. The van der Waals surface area contributed by atoms with Gasteiger partial charge in [0.15, 0.2) is 17.4 Å². The van der Waals surface area contributed by atoms with Crippen LogP contribution in [0, 0.1) is 5.82 Å². The Kier molecular flexibility index (Phi) is 3.22. The van der Waals surface area contributed by atoms with Crippen LogP contribution in [-0.4, -0.2) is 30.7 Å². The van der Waals surface area contributed by atoms with Crippen molar-refractivity contribution in [3.63, 3.8) is 0 Å². The number of hydrogen-bond donors (Lipinski definition) is 1.